The van der Waals surface area contributed by atoms with E-state index in [0.29, 0.717) is 0 Å². The van der Waals surface area contributed by atoms with Crippen LogP contribution in [-0.2, 0) is 0 Å². The Labute approximate surface area is 667 Å². The maximum Gasteiger partial charge on any atom is 0.168 e. The summed E-state index contributed by atoms with van der Waals surface area (Å²) in [6, 6.07) is 138. The van der Waals surface area contributed by atoms with Gasteiger partial charge in [-0.15, -0.1) is 10.2 Å². The van der Waals surface area contributed by atoms with Gasteiger partial charge < -0.3 is 17.9 Å². The lowest BCUT2D eigenvalue weighted by Crippen LogP contribution is -2.03. The van der Waals surface area contributed by atoms with Crippen LogP contribution in [-0.4, -0.2) is 42.7 Å². The number of hydrogen-bond donors (Lipinski definition) is 0. The van der Waals surface area contributed by atoms with Crippen molar-refractivity contribution in [3.8, 4) is 62.1 Å². The minimum atomic E-state index is 0.832. The molecule has 9 nitrogen and oxygen atoms in total. The highest BCUT2D eigenvalue weighted by molar-refractivity contribution is 6.37. The van der Waals surface area contributed by atoms with Crippen LogP contribution in [0.15, 0.2) is 382 Å². The van der Waals surface area contributed by atoms with Crippen LogP contribution in [0.25, 0.3) is 247 Å². The van der Waals surface area contributed by atoms with Crippen molar-refractivity contribution in [3.05, 3.63) is 382 Å². The van der Waals surface area contributed by atoms with Crippen LogP contribution in [0.3, 0.4) is 0 Å². The summed E-state index contributed by atoms with van der Waals surface area (Å²) in [6.45, 7) is 0. The summed E-state index contributed by atoms with van der Waals surface area (Å²) in [5.74, 6) is 0.832. The molecule has 0 N–H and O–H groups in total. The third-order valence-corrected chi connectivity index (χ3v) is 25.0. The van der Waals surface area contributed by atoms with Gasteiger partial charge in [0.1, 0.15) is 5.69 Å². The van der Waals surface area contributed by atoms with Gasteiger partial charge >= 0.3 is 0 Å². The van der Waals surface area contributed by atoms with Crippen molar-refractivity contribution >= 4 is 185 Å². The molecule has 0 aliphatic carbocycles. The van der Waals surface area contributed by atoms with E-state index in [2.05, 4.69) is 393 Å². The Bertz CT molecular complexity index is 8870. The predicted molar refractivity (Wildman–Crippen MR) is 488 cm³/mol. The van der Waals surface area contributed by atoms with Crippen LogP contribution in [0.1, 0.15) is 0 Å². The van der Waals surface area contributed by atoms with Gasteiger partial charge in [0.15, 0.2) is 5.82 Å². The minimum absolute atomic E-state index is 0.832. The standard InChI is InChI=1S/C60H35N5.C48H28N4/c1-2-16-40(17-3-1)63-51-23-11-6-18-42(51)44-31-28-39(34-54(44)63)58-57(61-49-21-9-10-22-50(49)62-58)36-26-29-41(30-27-36)64-55-33-38-15-5-4-14-37(38)32-46(55)48-35-47-43-19-7-12-24-52(43)65-53-25-13-8-20-45(53)56(59(48)64)60(47)65;1-2-12-29(13-3-1)30-22-24-31(25-23-30)45-35-17-6-7-18-36(35)48(50-49-45)52-43-27-33-15-5-4-14-32(33)26-38(43)40-28-39-34-16-8-10-20-41(34)51-42-21-11-9-19-37(42)44(46(39)51)47(40)52/h1-35H;1-28H. The summed E-state index contributed by atoms with van der Waals surface area (Å²) in [5.41, 5.74) is 26.4. The van der Waals surface area contributed by atoms with E-state index in [1.54, 1.807) is 0 Å². The second-order valence-corrected chi connectivity index (χ2v) is 31.2. The molecule has 0 bridgehead atoms. The van der Waals surface area contributed by atoms with E-state index >= 15 is 0 Å². The van der Waals surface area contributed by atoms with Crippen molar-refractivity contribution in [1.82, 2.24) is 42.7 Å². The fourth-order valence-corrected chi connectivity index (χ4v) is 19.9. The van der Waals surface area contributed by atoms with E-state index < -0.39 is 0 Å². The zero-order chi connectivity index (χ0) is 76.2. The van der Waals surface area contributed by atoms with Gasteiger partial charge in [-0.25, -0.2) is 9.97 Å². The minimum Gasteiger partial charge on any atom is -0.309 e. The Hall–Kier alpha value is -15.8. The molecule has 0 unspecified atom stereocenters. The Kier molecular flexibility index (Phi) is 13.3. The second kappa shape index (κ2) is 24.3. The van der Waals surface area contributed by atoms with E-state index in [-0.39, 0.29) is 0 Å². The summed E-state index contributed by atoms with van der Waals surface area (Å²) in [6.07, 6.45) is 0. The summed E-state index contributed by atoms with van der Waals surface area (Å²) in [4.78, 5) is 10.8. The molecule has 27 aromatic rings. The predicted octanol–water partition coefficient (Wildman–Crippen LogP) is 27.8. The molecule has 18 aromatic carbocycles. The second-order valence-electron chi connectivity index (χ2n) is 31.2. The van der Waals surface area contributed by atoms with E-state index in [0.717, 1.165) is 89.3 Å². The molecule has 0 aliphatic rings. The van der Waals surface area contributed by atoms with Gasteiger partial charge in [-0.2, -0.15) is 0 Å². The largest absolute Gasteiger partial charge is 0.309 e. The fourth-order valence-electron chi connectivity index (χ4n) is 19.9. The quantitative estimate of drug-likeness (QED) is 0.159. The molecule has 0 fully saturated rings. The lowest BCUT2D eigenvalue weighted by atomic mass is 10.0. The van der Waals surface area contributed by atoms with Crippen LogP contribution < -0.4 is 0 Å². The average Bonchev–Trinajstić information content (AvgIpc) is 1.52. The molecule has 0 amide bonds. The molecule has 9 heterocycles. The molecule has 0 saturated carbocycles. The van der Waals surface area contributed by atoms with Gasteiger partial charge in [-0.3, -0.25) is 4.57 Å². The fraction of sp³-hybridized carbons (Fsp3) is 0. The lowest BCUT2D eigenvalue weighted by Gasteiger charge is -2.14. The third kappa shape index (κ3) is 9.13. The zero-order valence-electron chi connectivity index (χ0n) is 62.9. The summed E-state index contributed by atoms with van der Waals surface area (Å²) >= 11 is 0. The molecule has 0 radical (unpaired) electrons. The molecule has 540 valence electrons. The normalized spacial score (nSPS) is 12.3. The first kappa shape index (κ1) is 63.8. The van der Waals surface area contributed by atoms with Crippen LogP contribution in [0.5, 0.6) is 0 Å². The number of nitrogens with zero attached hydrogens (tertiary/aromatic N) is 9. The smallest absolute Gasteiger partial charge is 0.168 e. The Morgan fingerprint density at radius 3 is 1.12 bits per heavy atom. The van der Waals surface area contributed by atoms with Crippen molar-refractivity contribution in [2.45, 2.75) is 0 Å². The molecule has 0 aliphatic heterocycles. The molecule has 9 aromatic heterocycles. The van der Waals surface area contributed by atoms with Gasteiger partial charge in [-0.1, -0.05) is 273 Å². The summed E-state index contributed by atoms with van der Waals surface area (Å²) < 4.78 is 12.2. The molecular weight excluding hydrogens is 1420 g/mol. The Morgan fingerprint density at radius 1 is 0.179 bits per heavy atom. The van der Waals surface area contributed by atoms with Crippen molar-refractivity contribution < 1.29 is 0 Å². The number of benzene rings is 18. The van der Waals surface area contributed by atoms with Gasteiger partial charge in [0, 0.05) is 114 Å². The Balaban J connectivity index is 0.000000131. The molecule has 0 spiro atoms. The monoisotopic (exact) mass is 1490 g/mol. The molecule has 117 heavy (non-hydrogen) atoms. The van der Waals surface area contributed by atoms with Crippen molar-refractivity contribution in [1.29, 1.82) is 0 Å². The lowest BCUT2D eigenvalue weighted by molar-refractivity contribution is 0.978. The average molecular weight is 1490 g/mol. The number of rotatable bonds is 7. The first-order valence-electron chi connectivity index (χ1n) is 40.0. The first-order chi connectivity index (χ1) is 58.1. The van der Waals surface area contributed by atoms with Crippen LogP contribution >= 0.6 is 0 Å². The maximum atomic E-state index is 5.39. The number of aromatic nitrogens is 9. The first-order valence-corrected chi connectivity index (χ1v) is 40.0. The van der Waals surface area contributed by atoms with Gasteiger partial charge in [-0.05, 0) is 142 Å². The highest BCUT2D eigenvalue weighted by Gasteiger charge is 2.29. The third-order valence-electron chi connectivity index (χ3n) is 25.0. The summed E-state index contributed by atoms with van der Waals surface area (Å²) in [5, 5.41) is 34.7. The van der Waals surface area contributed by atoms with E-state index in [9.17, 15) is 0 Å². The van der Waals surface area contributed by atoms with Gasteiger partial charge in [0.05, 0.1) is 88.6 Å². The topological polar surface area (TPSA) is 75.2 Å². The number of hydrogen-bond acceptors (Lipinski definition) is 4. The van der Waals surface area contributed by atoms with E-state index in [4.69, 9.17) is 20.2 Å². The highest BCUT2D eigenvalue weighted by Crippen LogP contribution is 2.51. The highest BCUT2D eigenvalue weighted by atomic mass is 15.2. The van der Waals surface area contributed by atoms with E-state index in [1.807, 2.05) is 12.1 Å². The van der Waals surface area contributed by atoms with Crippen molar-refractivity contribution in [2.75, 3.05) is 0 Å². The Morgan fingerprint density at radius 2 is 0.547 bits per heavy atom. The van der Waals surface area contributed by atoms with Crippen molar-refractivity contribution in [2.24, 2.45) is 0 Å². The number of fused-ring (bicyclic) bond motifs is 27. The van der Waals surface area contributed by atoms with Crippen molar-refractivity contribution in [3.63, 3.8) is 0 Å². The summed E-state index contributed by atoms with van der Waals surface area (Å²) in [7, 11) is 0. The van der Waals surface area contributed by atoms with Crippen LogP contribution in [0, 0.1) is 0 Å². The molecule has 0 atom stereocenters. The zero-order valence-corrected chi connectivity index (χ0v) is 62.9. The molecular formula is C108H63N9. The van der Waals surface area contributed by atoms with Gasteiger partial charge in [0.2, 0.25) is 0 Å². The maximum absolute atomic E-state index is 5.39. The molecule has 0 saturated heterocycles. The SMILES string of the molecule is c1ccc(-c2ccc(-c3nnc(-n4c5cc6ccccc6cc5c5cc6c7ccccc7n7c8ccccc8c(c54)c67)c4ccccc34)cc2)cc1.c1ccc(-n2c3ccccc3c3ccc(-c4nc5ccccc5nc4-c4ccc(-n5c6cc7ccccc7cc6c6cc7c8ccccc8n8c9ccccc9c(c65)c78)cc4)cc32)cc1. The number of para-hydroxylation sites is 8. The van der Waals surface area contributed by atoms with Crippen LogP contribution in [0.4, 0.5) is 0 Å². The van der Waals surface area contributed by atoms with Gasteiger partial charge in [0.25, 0.3) is 0 Å². The van der Waals surface area contributed by atoms with Crippen LogP contribution in [0.2, 0.25) is 0 Å². The molecule has 27 rings (SSSR count). The molecule has 9 heteroatoms. The van der Waals surface area contributed by atoms with E-state index in [1.165, 1.54) is 158 Å².